The van der Waals surface area contributed by atoms with Gasteiger partial charge >= 0.3 is 0 Å². The zero-order valence-corrected chi connectivity index (χ0v) is 16.5. The number of nitrogens with zero attached hydrogens (tertiary/aromatic N) is 1. The number of halogens is 1. The van der Waals surface area contributed by atoms with Crippen molar-refractivity contribution in [2.45, 2.75) is 32.6 Å². The molecule has 3 heteroatoms. The number of hydrogen-bond acceptors (Lipinski definition) is 2. The summed E-state index contributed by atoms with van der Waals surface area (Å²) < 4.78 is 6.94. The maximum Gasteiger partial charge on any atom is 0.127 e. The van der Waals surface area contributed by atoms with E-state index in [1.54, 1.807) is 0 Å². The van der Waals surface area contributed by atoms with Gasteiger partial charge in [-0.15, -0.1) is 0 Å². The van der Waals surface area contributed by atoms with Crippen molar-refractivity contribution in [3.63, 3.8) is 0 Å². The summed E-state index contributed by atoms with van der Waals surface area (Å²) in [5.74, 6) is 1.72. The van der Waals surface area contributed by atoms with Gasteiger partial charge in [-0.05, 0) is 80.4 Å². The molecule has 2 aromatic rings. The van der Waals surface area contributed by atoms with E-state index in [-0.39, 0.29) is 0 Å². The highest BCUT2D eigenvalue weighted by Crippen LogP contribution is 2.25. The summed E-state index contributed by atoms with van der Waals surface area (Å²) in [6.45, 7) is 5.74. The van der Waals surface area contributed by atoms with Crippen LogP contribution in [0.3, 0.4) is 0 Å². The van der Waals surface area contributed by atoms with Crippen LogP contribution in [0.25, 0.3) is 5.57 Å². The second-order valence-corrected chi connectivity index (χ2v) is 7.60. The fourth-order valence-electron chi connectivity index (χ4n) is 3.13. The predicted molar refractivity (Wildman–Crippen MR) is 109 cm³/mol. The van der Waals surface area contributed by atoms with E-state index in [4.69, 9.17) is 4.74 Å². The average Bonchev–Trinajstić information content (AvgIpc) is 2.91. The first-order valence-electron chi connectivity index (χ1n) is 9.14. The van der Waals surface area contributed by atoms with E-state index < -0.39 is 0 Å². The van der Waals surface area contributed by atoms with E-state index in [9.17, 15) is 0 Å². The number of benzene rings is 2. The molecule has 0 bridgehead atoms. The number of hydrogen-bond donors (Lipinski definition) is 0. The van der Waals surface area contributed by atoms with Crippen molar-refractivity contribution in [3.8, 4) is 11.5 Å². The highest BCUT2D eigenvalue weighted by atomic mass is 79.9. The fraction of sp³-hybridized carbons (Fsp3) is 0.364. The standard InChI is InChI=1S/C22H26BrNO/c1-18(14-17-24-15-4-2-3-5-16-24)19-6-10-21(11-7-19)25-22-12-8-20(23)9-13-22/h6-14H,2-5,15-17H2,1H3. The lowest BCUT2D eigenvalue weighted by Crippen LogP contribution is -2.24. The van der Waals surface area contributed by atoms with Gasteiger partial charge in [-0.3, -0.25) is 4.90 Å². The van der Waals surface area contributed by atoms with Gasteiger partial charge in [0.2, 0.25) is 0 Å². The molecule has 2 nitrogen and oxygen atoms in total. The number of allylic oxidation sites excluding steroid dienone is 1. The molecular weight excluding hydrogens is 374 g/mol. The molecule has 0 unspecified atom stereocenters. The molecule has 1 fully saturated rings. The number of likely N-dealkylation sites (tertiary alicyclic amines) is 1. The van der Waals surface area contributed by atoms with Crippen molar-refractivity contribution in [1.29, 1.82) is 0 Å². The third-order valence-corrected chi connectivity index (χ3v) is 5.24. The summed E-state index contributed by atoms with van der Waals surface area (Å²) >= 11 is 3.44. The van der Waals surface area contributed by atoms with E-state index >= 15 is 0 Å². The predicted octanol–water partition coefficient (Wildman–Crippen LogP) is 6.52. The largest absolute Gasteiger partial charge is 0.457 e. The van der Waals surface area contributed by atoms with Crippen molar-refractivity contribution in [1.82, 2.24) is 4.90 Å². The van der Waals surface area contributed by atoms with Crippen LogP contribution >= 0.6 is 15.9 Å². The Morgan fingerprint density at radius 3 is 2.08 bits per heavy atom. The molecule has 0 aromatic heterocycles. The lowest BCUT2D eigenvalue weighted by atomic mass is 10.1. The van der Waals surface area contributed by atoms with Crippen LogP contribution in [0, 0.1) is 0 Å². The molecule has 0 spiro atoms. The maximum atomic E-state index is 5.89. The topological polar surface area (TPSA) is 12.5 Å². The minimum atomic E-state index is 0.851. The molecular formula is C22H26BrNO. The van der Waals surface area contributed by atoms with Crippen LogP contribution < -0.4 is 4.74 Å². The molecule has 25 heavy (non-hydrogen) atoms. The first-order valence-corrected chi connectivity index (χ1v) is 9.93. The molecule has 1 saturated heterocycles. The molecule has 0 amide bonds. The lowest BCUT2D eigenvalue weighted by Gasteiger charge is -2.18. The monoisotopic (exact) mass is 399 g/mol. The van der Waals surface area contributed by atoms with Crippen LogP contribution in [-0.2, 0) is 0 Å². The van der Waals surface area contributed by atoms with Crippen molar-refractivity contribution in [3.05, 3.63) is 64.6 Å². The first kappa shape index (κ1) is 18.2. The van der Waals surface area contributed by atoms with Gasteiger partial charge in [0.25, 0.3) is 0 Å². The van der Waals surface area contributed by atoms with Gasteiger partial charge in [-0.2, -0.15) is 0 Å². The zero-order valence-electron chi connectivity index (χ0n) is 14.9. The van der Waals surface area contributed by atoms with E-state index in [0.717, 1.165) is 22.5 Å². The summed E-state index contributed by atoms with van der Waals surface area (Å²) in [7, 11) is 0. The fourth-order valence-corrected chi connectivity index (χ4v) is 3.39. The Labute approximate surface area is 159 Å². The second-order valence-electron chi connectivity index (χ2n) is 6.68. The Kier molecular flexibility index (Phi) is 6.71. The summed E-state index contributed by atoms with van der Waals surface area (Å²) in [5, 5.41) is 0. The molecule has 0 saturated carbocycles. The molecule has 0 aliphatic carbocycles. The van der Waals surface area contributed by atoms with E-state index in [0.29, 0.717) is 0 Å². The number of ether oxygens (including phenoxy) is 1. The Balaban J connectivity index is 1.58. The molecule has 2 aromatic carbocycles. The average molecular weight is 400 g/mol. The number of rotatable bonds is 5. The third kappa shape index (κ3) is 5.72. The molecule has 3 rings (SSSR count). The summed E-state index contributed by atoms with van der Waals surface area (Å²) in [6.07, 6.45) is 7.82. The van der Waals surface area contributed by atoms with E-state index in [1.807, 2.05) is 36.4 Å². The first-order chi connectivity index (χ1) is 12.2. The highest BCUT2D eigenvalue weighted by molar-refractivity contribution is 9.10. The van der Waals surface area contributed by atoms with Crippen LogP contribution in [0.1, 0.15) is 38.2 Å². The van der Waals surface area contributed by atoms with Crippen molar-refractivity contribution in [2.75, 3.05) is 19.6 Å². The zero-order chi connectivity index (χ0) is 17.5. The van der Waals surface area contributed by atoms with Crippen molar-refractivity contribution < 1.29 is 4.74 Å². The highest BCUT2D eigenvalue weighted by Gasteiger charge is 2.07. The lowest BCUT2D eigenvalue weighted by molar-refractivity contribution is 0.316. The van der Waals surface area contributed by atoms with Crippen LogP contribution in [0.15, 0.2) is 59.1 Å². The van der Waals surface area contributed by atoms with Gasteiger partial charge in [0.05, 0.1) is 0 Å². The van der Waals surface area contributed by atoms with E-state index in [2.05, 4.69) is 46.0 Å². The summed E-state index contributed by atoms with van der Waals surface area (Å²) in [5.41, 5.74) is 2.59. The smallest absolute Gasteiger partial charge is 0.127 e. The Bertz CT molecular complexity index is 683. The SMILES string of the molecule is CC(=CCN1CCCCCC1)c1ccc(Oc2ccc(Br)cc2)cc1. The van der Waals surface area contributed by atoms with Gasteiger partial charge in [0, 0.05) is 11.0 Å². The molecule has 132 valence electrons. The van der Waals surface area contributed by atoms with Crippen molar-refractivity contribution >= 4 is 21.5 Å². The van der Waals surface area contributed by atoms with Crippen LogP contribution in [-0.4, -0.2) is 24.5 Å². The minimum Gasteiger partial charge on any atom is -0.457 e. The van der Waals surface area contributed by atoms with Crippen LogP contribution in [0.5, 0.6) is 11.5 Å². The Hall–Kier alpha value is -1.58. The van der Waals surface area contributed by atoms with Crippen LogP contribution in [0.4, 0.5) is 0 Å². The summed E-state index contributed by atoms with van der Waals surface area (Å²) in [4.78, 5) is 2.57. The molecule has 0 radical (unpaired) electrons. The molecule has 0 N–H and O–H groups in total. The molecule has 0 atom stereocenters. The van der Waals surface area contributed by atoms with Gasteiger partial charge in [-0.25, -0.2) is 0 Å². The molecule has 1 heterocycles. The van der Waals surface area contributed by atoms with Gasteiger partial charge < -0.3 is 4.74 Å². The van der Waals surface area contributed by atoms with Crippen molar-refractivity contribution in [2.24, 2.45) is 0 Å². The quantitative estimate of drug-likeness (QED) is 0.567. The normalized spacial score (nSPS) is 16.5. The van der Waals surface area contributed by atoms with Crippen LogP contribution in [0.2, 0.25) is 0 Å². The molecule has 1 aliphatic heterocycles. The minimum absolute atomic E-state index is 0.851. The third-order valence-electron chi connectivity index (χ3n) is 4.71. The second kappa shape index (κ2) is 9.21. The Morgan fingerprint density at radius 2 is 1.48 bits per heavy atom. The van der Waals surface area contributed by atoms with E-state index in [1.165, 1.54) is 49.9 Å². The summed E-state index contributed by atoms with van der Waals surface area (Å²) in [6, 6.07) is 16.3. The molecule has 1 aliphatic rings. The Morgan fingerprint density at radius 1 is 0.920 bits per heavy atom. The van der Waals surface area contributed by atoms with Gasteiger partial charge in [-0.1, -0.05) is 47.0 Å². The van der Waals surface area contributed by atoms with Gasteiger partial charge in [0.1, 0.15) is 11.5 Å². The maximum absolute atomic E-state index is 5.89. The van der Waals surface area contributed by atoms with Gasteiger partial charge in [0.15, 0.2) is 0 Å².